The van der Waals surface area contributed by atoms with E-state index in [4.69, 9.17) is 11.6 Å². The molecule has 0 atom stereocenters. The summed E-state index contributed by atoms with van der Waals surface area (Å²) >= 11 is 5.78. The highest BCUT2D eigenvalue weighted by Crippen LogP contribution is 2.29. The van der Waals surface area contributed by atoms with Crippen LogP contribution in [0.5, 0.6) is 5.75 Å². The summed E-state index contributed by atoms with van der Waals surface area (Å²) in [5.41, 5.74) is 0.430. The van der Waals surface area contributed by atoms with Crippen LogP contribution in [-0.2, 0) is 4.79 Å². The van der Waals surface area contributed by atoms with E-state index in [0.717, 1.165) is 11.1 Å². The summed E-state index contributed by atoms with van der Waals surface area (Å²) in [6.07, 6.45) is -0.168. The van der Waals surface area contributed by atoms with E-state index in [1.807, 2.05) is 0 Å². The molecule has 1 aliphatic rings. The number of carbonyl (C=O) groups is 1. The van der Waals surface area contributed by atoms with Crippen LogP contribution < -0.4 is 5.01 Å². The molecular weight excluding hydrogens is 314 g/mol. The van der Waals surface area contributed by atoms with Crippen LogP contribution in [0.15, 0.2) is 41.5 Å². The first kappa shape index (κ1) is 14.5. The van der Waals surface area contributed by atoms with E-state index in [1.54, 1.807) is 24.3 Å². The van der Waals surface area contributed by atoms with Gasteiger partial charge in [-0.2, -0.15) is 5.10 Å². The summed E-state index contributed by atoms with van der Waals surface area (Å²) < 4.78 is 26.7. The Morgan fingerprint density at radius 2 is 1.86 bits per heavy atom. The van der Waals surface area contributed by atoms with Gasteiger partial charge in [0.15, 0.2) is 11.6 Å². The van der Waals surface area contributed by atoms with Crippen molar-refractivity contribution in [3.8, 4) is 5.75 Å². The molecule has 0 unspecified atom stereocenters. The van der Waals surface area contributed by atoms with Gasteiger partial charge in [0.1, 0.15) is 5.82 Å². The Labute approximate surface area is 129 Å². The Kier molecular flexibility index (Phi) is 3.54. The van der Waals surface area contributed by atoms with Crippen LogP contribution in [0.3, 0.4) is 0 Å². The summed E-state index contributed by atoms with van der Waals surface area (Å²) in [4.78, 5) is 12.0. The van der Waals surface area contributed by atoms with Crippen molar-refractivity contribution in [2.75, 3.05) is 5.01 Å². The predicted octanol–water partition coefficient (Wildman–Crippen LogP) is 3.46. The molecule has 1 N–H and O–H groups in total. The monoisotopic (exact) mass is 322 g/mol. The van der Waals surface area contributed by atoms with Crippen molar-refractivity contribution in [3.63, 3.8) is 0 Å². The molecular formula is C15H9ClF2N2O2. The Balaban J connectivity index is 2.02. The number of phenolic OH excluding ortho intramolecular Hbond substituents is 1. The standard InChI is InChI=1S/C15H9ClF2N2O2/c16-8-1-3-10(4-2-8)20-14(21)7-13(19-20)11-5-9(17)6-12(18)15(11)22/h1-6,22H,7H2. The van der Waals surface area contributed by atoms with Crippen molar-refractivity contribution < 1.29 is 18.7 Å². The average Bonchev–Trinajstić information content (AvgIpc) is 2.85. The average molecular weight is 323 g/mol. The van der Waals surface area contributed by atoms with Crippen molar-refractivity contribution in [1.29, 1.82) is 0 Å². The number of carbonyl (C=O) groups excluding carboxylic acids is 1. The van der Waals surface area contributed by atoms with Gasteiger partial charge in [0.2, 0.25) is 0 Å². The Morgan fingerprint density at radius 1 is 1.18 bits per heavy atom. The number of halogens is 3. The van der Waals surface area contributed by atoms with Crippen LogP contribution in [-0.4, -0.2) is 16.7 Å². The Bertz CT molecular complexity index is 791. The third-order valence-corrected chi connectivity index (χ3v) is 3.44. The number of anilines is 1. The molecule has 7 heteroatoms. The second kappa shape index (κ2) is 5.38. The van der Waals surface area contributed by atoms with E-state index >= 15 is 0 Å². The molecule has 3 rings (SSSR count). The predicted molar refractivity (Wildman–Crippen MR) is 78.1 cm³/mol. The first-order valence-electron chi connectivity index (χ1n) is 6.30. The van der Waals surface area contributed by atoms with E-state index in [1.165, 1.54) is 0 Å². The van der Waals surface area contributed by atoms with Gasteiger partial charge in [0.25, 0.3) is 5.91 Å². The maximum atomic E-state index is 13.4. The van der Waals surface area contributed by atoms with Gasteiger partial charge in [-0.3, -0.25) is 4.79 Å². The SMILES string of the molecule is O=C1CC(c2cc(F)cc(F)c2O)=NN1c1ccc(Cl)cc1. The fourth-order valence-corrected chi connectivity index (χ4v) is 2.28. The number of nitrogens with zero attached hydrogens (tertiary/aromatic N) is 2. The summed E-state index contributed by atoms with van der Waals surface area (Å²) in [6, 6.07) is 7.88. The molecule has 1 amide bonds. The van der Waals surface area contributed by atoms with Crippen molar-refractivity contribution >= 4 is 28.9 Å². The van der Waals surface area contributed by atoms with Crippen LogP contribution >= 0.6 is 11.6 Å². The minimum Gasteiger partial charge on any atom is -0.504 e. The second-order valence-corrected chi connectivity index (χ2v) is 5.13. The molecule has 0 saturated carbocycles. The lowest BCUT2D eigenvalue weighted by Crippen LogP contribution is -2.19. The minimum atomic E-state index is -1.10. The fraction of sp³-hybridized carbons (Fsp3) is 0.0667. The zero-order valence-electron chi connectivity index (χ0n) is 11.1. The molecule has 2 aromatic carbocycles. The minimum absolute atomic E-state index is 0.0934. The van der Waals surface area contributed by atoms with Gasteiger partial charge in [0.05, 0.1) is 17.8 Å². The Hall–Kier alpha value is -2.47. The topological polar surface area (TPSA) is 52.9 Å². The molecule has 0 aromatic heterocycles. The summed E-state index contributed by atoms with van der Waals surface area (Å²) in [5.74, 6) is -3.06. The lowest BCUT2D eigenvalue weighted by molar-refractivity contribution is -0.116. The van der Waals surface area contributed by atoms with Crippen molar-refractivity contribution in [2.45, 2.75) is 6.42 Å². The van der Waals surface area contributed by atoms with E-state index in [9.17, 15) is 18.7 Å². The number of rotatable bonds is 2. The van der Waals surface area contributed by atoms with Crippen molar-refractivity contribution in [1.82, 2.24) is 0 Å². The van der Waals surface area contributed by atoms with E-state index in [0.29, 0.717) is 16.8 Å². The fourth-order valence-electron chi connectivity index (χ4n) is 2.15. The normalized spacial score (nSPS) is 14.4. The maximum absolute atomic E-state index is 13.4. The molecule has 0 fully saturated rings. The smallest absolute Gasteiger partial charge is 0.253 e. The molecule has 1 aliphatic heterocycles. The summed E-state index contributed by atoms with van der Waals surface area (Å²) in [7, 11) is 0. The van der Waals surface area contributed by atoms with Crippen molar-refractivity contribution in [2.24, 2.45) is 5.10 Å². The number of amides is 1. The van der Waals surface area contributed by atoms with Crippen LogP contribution in [0.1, 0.15) is 12.0 Å². The molecule has 0 aliphatic carbocycles. The first-order chi connectivity index (χ1) is 10.5. The molecule has 0 saturated heterocycles. The lowest BCUT2D eigenvalue weighted by Gasteiger charge is -2.11. The maximum Gasteiger partial charge on any atom is 0.253 e. The van der Waals surface area contributed by atoms with Crippen LogP contribution in [0, 0.1) is 11.6 Å². The molecule has 1 heterocycles. The summed E-state index contributed by atoms with van der Waals surface area (Å²) in [5, 5.41) is 15.3. The third kappa shape index (κ3) is 2.53. The zero-order chi connectivity index (χ0) is 15.9. The Morgan fingerprint density at radius 3 is 2.55 bits per heavy atom. The van der Waals surface area contributed by atoms with Crippen molar-refractivity contribution in [3.05, 3.63) is 58.6 Å². The highest BCUT2D eigenvalue weighted by atomic mass is 35.5. The molecule has 2 aromatic rings. The second-order valence-electron chi connectivity index (χ2n) is 4.69. The highest BCUT2D eigenvalue weighted by molar-refractivity contribution is 6.30. The summed E-state index contributed by atoms with van der Waals surface area (Å²) in [6.45, 7) is 0. The van der Waals surface area contributed by atoms with E-state index in [-0.39, 0.29) is 23.6 Å². The zero-order valence-corrected chi connectivity index (χ0v) is 11.8. The number of phenols is 1. The van der Waals surface area contributed by atoms with Gasteiger partial charge in [-0.05, 0) is 30.3 Å². The van der Waals surface area contributed by atoms with Crippen LogP contribution in [0.25, 0.3) is 0 Å². The number of hydrogen-bond acceptors (Lipinski definition) is 3. The van der Waals surface area contributed by atoms with Crippen LogP contribution in [0.2, 0.25) is 5.02 Å². The molecule has 22 heavy (non-hydrogen) atoms. The highest BCUT2D eigenvalue weighted by Gasteiger charge is 2.28. The quantitative estimate of drug-likeness (QED) is 0.920. The van der Waals surface area contributed by atoms with E-state index < -0.39 is 17.4 Å². The van der Waals surface area contributed by atoms with Gasteiger partial charge in [-0.1, -0.05) is 11.6 Å². The molecule has 112 valence electrons. The number of hydrogen-bond donors (Lipinski definition) is 1. The number of aromatic hydroxyl groups is 1. The lowest BCUT2D eigenvalue weighted by atomic mass is 10.1. The molecule has 0 spiro atoms. The van der Waals surface area contributed by atoms with Gasteiger partial charge >= 0.3 is 0 Å². The molecule has 0 radical (unpaired) electrons. The van der Waals surface area contributed by atoms with Gasteiger partial charge in [-0.15, -0.1) is 0 Å². The van der Waals surface area contributed by atoms with Gasteiger partial charge < -0.3 is 5.11 Å². The number of hydrazone groups is 1. The van der Waals surface area contributed by atoms with E-state index in [2.05, 4.69) is 5.10 Å². The largest absolute Gasteiger partial charge is 0.504 e. The van der Waals surface area contributed by atoms with Crippen LogP contribution in [0.4, 0.5) is 14.5 Å². The first-order valence-corrected chi connectivity index (χ1v) is 6.68. The third-order valence-electron chi connectivity index (χ3n) is 3.19. The molecule has 4 nitrogen and oxygen atoms in total. The number of benzene rings is 2. The van der Waals surface area contributed by atoms with Gasteiger partial charge in [0, 0.05) is 16.7 Å². The molecule has 0 bridgehead atoms. The van der Waals surface area contributed by atoms with Gasteiger partial charge in [-0.25, -0.2) is 13.8 Å².